The van der Waals surface area contributed by atoms with Crippen molar-refractivity contribution in [3.05, 3.63) is 26.5 Å². The van der Waals surface area contributed by atoms with Crippen LogP contribution in [0.4, 0.5) is 0 Å². The fraction of sp³-hybridized carbons (Fsp3) is 0.417. The molecule has 0 spiro atoms. The van der Waals surface area contributed by atoms with Crippen LogP contribution in [0, 0.1) is 8.34 Å². The van der Waals surface area contributed by atoms with Gasteiger partial charge in [0.2, 0.25) is 0 Å². The van der Waals surface area contributed by atoms with E-state index in [1.54, 1.807) is 0 Å². The summed E-state index contributed by atoms with van der Waals surface area (Å²) in [7, 11) is 0. The molecule has 2 aromatic rings. The van der Waals surface area contributed by atoms with E-state index in [-0.39, 0.29) is 0 Å². The molecule has 2 nitrogen and oxygen atoms in total. The molecular formula is C12H15IN2S2. The Morgan fingerprint density at radius 1 is 1.53 bits per heavy atom. The van der Waals surface area contributed by atoms with Gasteiger partial charge in [0.15, 0.2) is 4.77 Å². The summed E-state index contributed by atoms with van der Waals surface area (Å²) in [6.45, 7) is 2.23. The Morgan fingerprint density at radius 2 is 2.29 bits per heavy atom. The number of imidazole rings is 1. The van der Waals surface area contributed by atoms with E-state index in [9.17, 15) is 0 Å². The minimum absolute atomic E-state index is 0.448. The third-order valence-electron chi connectivity index (χ3n) is 2.86. The molecule has 0 saturated carbocycles. The van der Waals surface area contributed by atoms with E-state index in [2.05, 4.69) is 63.5 Å². The number of hydrogen-bond donors (Lipinski definition) is 1. The van der Waals surface area contributed by atoms with Gasteiger partial charge in [-0.05, 0) is 78.4 Å². The molecule has 92 valence electrons. The second-order valence-electron chi connectivity index (χ2n) is 4.09. The first-order valence-corrected chi connectivity index (χ1v) is 8.40. The highest BCUT2D eigenvalue weighted by Crippen LogP contribution is 2.23. The maximum absolute atomic E-state index is 5.42. The lowest BCUT2D eigenvalue weighted by Gasteiger charge is -2.13. The standard InChI is InChI=1S/C12H15IN2S2/c1-8(5-6-17-2)15-11-4-3-9(13)7-10(11)14-12(15)16/h3-4,7-8H,5-6H2,1-2H3,(H,14,16). The van der Waals surface area contributed by atoms with Crippen LogP contribution in [-0.2, 0) is 0 Å². The minimum atomic E-state index is 0.448. The molecule has 1 N–H and O–H groups in total. The summed E-state index contributed by atoms with van der Waals surface area (Å²) in [5, 5.41) is 0. The van der Waals surface area contributed by atoms with Gasteiger partial charge in [0.1, 0.15) is 0 Å². The number of H-pyrrole nitrogens is 1. The van der Waals surface area contributed by atoms with Crippen molar-refractivity contribution < 1.29 is 0 Å². The Balaban J connectivity index is 2.46. The van der Waals surface area contributed by atoms with E-state index in [4.69, 9.17) is 12.2 Å². The molecule has 0 radical (unpaired) electrons. The van der Waals surface area contributed by atoms with E-state index in [0.717, 1.165) is 16.7 Å². The van der Waals surface area contributed by atoms with Gasteiger partial charge in [-0.2, -0.15) is 11.8 Å². The van der Waals surface area contributed by atoms with Gasteiger partial charge in [-0.1, -0.05) is 0 Å². The fourth-order valence-electron chi connectivity index (χ4n) is 1.96. The Morgan fingerprint density at radius 3 is 3.00 bits per heavy atom. The zero-order valence-corrected chi connectivity index (χ0v) is 13.7. The van der Waals surface area contributed by atoms with E-state index < -0.39 is 0 Å². The maximum atomic E-state index is 5.42. The summed E-state index contributed by atoms with van der Waals surface area (Å²) in [4.78, 5) is 3.29. The van der Waals surface area contributed by atoms with Crippen molar-refractivity contribution in [2.75, 3.05) is 12.0 Å². The minimum Gasteiger partial charge on any atom is -0.331 e. The highest BCUT2D eigenvalue weighted by molar-refractivity contribution is 14.1. The van der Waals surface area contributed by atoms with Crippen LogP contribution in [0.2, 0.25) is 0 Å². The summed E-state index contributed by atoms with van der Waals surface area (Å²) >= 11 is 9.63. The zero-order valence-electron chi connectivity index (χ0n) is 9.87. The van der Waals surface area contributed by atoms with Gasteiger partial charge < -0.3 is 9.55 Å². The lowest BCUT2D eigenvalue weighted by Crippen LogP contribution is -2.06. The third-order valence-corrected chi connectivity index (χ3v) is 4.47. The highest BCUT2D eigenvalue weighted by Gasteiger charge is 2.10. The van der Waals surface area contributed by atoms with Crippen LogP contribution in [-0.4, -0.2) is 21.6 Å². The van der Waals surface area contributed by atoms with Gasteiger partial charge >= 0.3 is 0 Å². The summed E-state index contributed by atoms with van der Waals surface area (Å²) < 4.78 is 4.29. The Bertz CT molecular complexity index is 573. The molecule has 0 aliphatic heterocycles. The normalized spacial score (nSPS) is 13.1. The smallest absolute Gasteiger partial charge is 0.178 e. The molecule has 1 heterocycles. The SMILES string of the molecule is CSCCC(C)n1c(=S)[nH]c2cc(I)ccc21. The lowest BCUT2D eigenvalue weighted by atomic mass is 10.2. The van der Waals surface area contributed by atoms with Gasteiger partial charge in [-0.3, -0.25) is 0 Å². The monoisotopic (exact) mass is 378 g/mol. The number of nitrogens with one attached hydrogen (secondary N) is 1. The number of aromatic amines is 1. The largest absolute Gasteiger partial charge is 0.331 e. The van der Waals surface area contributed by atoms with Gasteiger partial charge in [0.05, 0.1) is 11.0 Å². The van der Waals surface area contributed by atoms with Gasteiger partial charge in [-0.15, -0.1) is 0 Å². The third kappa shape index (κ3) is 2.88. The zero-order chi connectivity index (χ0) is 12.4. The molecule has 1 unspecified atom stereocenters. The van der Waals surface area contributed by atoms with Crippen molar-refractivity contribution in [3.8, 4) is 0 Å². The average molecular weight is 378 g/mol. The van der Waals surface area contributed by atoms with Gasteiger partial charge in [0, 0.05) is 9.61 Å². The van der Waals surface area contributed by atoms with Gasteiger partial charge in [-0.25, -0.2) is 0 Å². The highest BCUT2D eigenvalue weighted by atomic mass is 127. The number of rotatable bonds is 4. The fourth-order valence-corrected chi connectivity index (χ4v) is 3.41. The number of nitrogens with zero attached hydrogens (tertiary/aromatic N) is 1. The van der Waals surface area contributed by atoms with Crippen LogP contribution < -0.4 is 0 Å². The molecule has 1 aromatic heterocycles. The van der Waals surface area contributed by atoms with E-state index in [1.807, 2.05) is 11.8 Å². The predicted molar refractivity (Wildman–Crippen MR) is 87.5 cm³/mol. The molecule has 0 saturated heterocycles. The van der Waals surface area contributed by atoms with Crippen LogP contribution in [0.5, 0.6) is 0 Å². The number of thioether (sulfide) groups is 1. The summed E-state index contributed by atoms with van der Waals surface area (Å²) in [6, 6.07) is 6.87. The Hall–Kier alpha value is -0.0100. The van der Waals surface area contributed by atoms with Crippen molar-refractivity contribution in [2.45, 2.75) is 19.4 Å². The molecule has 0 amide bonds. The van der Waals surface area contributed by atoms with Gasteiger partial charge in [0.25, 0.3) is 0 Å². The number of fused-ring (bicyclic) bond motifs is 1. The summed E-state index contributed by atoms with van der Waals surface area (Å²) in [5.41, 5.74) is 2.35. The molecule has 1 atom stereocenters. The maximum Gasteiger partial charge on any atom is 0.178 e. The predicted octanol–water partition coefficient (Wildman–Crippen LogP) is 4.62. The number of hydrogen-bond acceptors (Lipinski definition) is 2. The van der Waals surface area contributed by atoms with Crippen molar-refractivity contribution in [1.82, 2.24) is 9.55 Å². The molecule has 0 aliphatic carbocycles. The number of benzene rings is 1. The second-order valence-corrected chi connectivity index (χ2v) is 6.71. The lowest BCUT2D eigenvalue weighted by molar-refractivity contribution is 0.543. The Kier molecular flexibility index (Phi) is 4.54. The molecule has 0 bridgehead atoms. The molecule has 1 aromatic carbocycles. The first-order chi connectivity index (χ1) is 8.13. The van der Waals surface area contributed by atoms with Crippen LogP contribution in [0.1, 0.15) is 19.4 Å². The molecule has 0 aliphatic rings. The molecular weight excluding hydrogens is 363 g/mol. The molecule has 0 fully saturated rings. The molecule has 5 heteroatoms. The second kappa shape index (κ2) is 5.75. The molecule has 2 rings (SSSR count). The summed E-state index contributed by atoms with van der Waals surface area (Å²) in [5.74, 6) is 1.17. The van der Waals surface area contributed by atoms with Crippen molar-refractivity contribution in [3.63, 3.8) is 0 Å². The van der Waals surface area contributed by atoms with Crippen molar-refractivity contribution >= 4 is 57.6 Å². The first kappa shape index (κ1) is 13.4. The Labute approximate surface area is 124 Å². The van der Waals surface area contributed by atoms with E-state index in [0.29, 0.717) is 6.04 Å². The van der Waals surface area contributed by atoms with E-state index >= 15 is 0 Å². The van der Waals surface area contributed by atoms with Crippen LogP contribution >= 0.6 is 46.6 Å². The van der Waals surface area contributed by atoms with Crippen LogP contribution in [0.15, 0.2) is 18.2 Å². The van der Waals surface area contributed by atoms with E-state index in [1.165, 1.54) is 14.8 Å². The average Bonchev–Trinajstić information content (AvgIpc) is 2.61. The number of halogens is 1. The van der Waals surface area contributed by atoms with Crippen molar-refractivity contribution in [1.29, 1.82) is 0 Å². The quantitative estimate of drug-likeness (QED) is 0.619. The molecule has 17 heavy (non-hydrogen) atoms. The van der Waals surface area contributed by atoms with Crippen LogP contribution in [0.3, 0.4) is 0 Å². The van der Waals surface area contributed by atoms with Crippen LogP contribution in [0.25, 0.3) is 11.0 Å². The summed E-state index contributed by atoms with van der Waals surface area (Å²) in [6.07, 6.45) is 3.29. The number of aromatic nitrogens is 2. The van der Waals surface area contributed by atoms with Crippen molar-refractivity contribution in [2.24, 2.45) is 0 Å². The first-order valence-electron chi connectivity index (χ1n) is 5.52. The topological polar surface area (TPSA) is 20.7 Å².